The normalized spacial score (nSPS) is 15.2. The molecule has 0 bridgehead atoms. The van der Waals surface area contributed by atoms with Gasteiger partial charge in [-0.05, 0) is 40.5 Å². The van der Waals surface area contributed by atoms with Gasteiger partial charge < -0.3 is 10.4 Å². The Balaban J connectivity index is 2.84. The van der Waals surface area contributed by atoms with Crippen molar-refractivity contribution in [3.05, 3.63) is 34.1 Å². The Morgan fingerprint density at radius 1 is 1.50 bits per heavy atom. The fourth-order valence-electron chi connectivity index (χ4n) is 1.34. The summed E-state index contributed by atoms with van der Waals surface area (Å²) in [4.78, 5) is 0. The van der Waals surface area contributed by atoms with Crippen LogP contribution in [-0.2, 0) is 5.60 Å². The monoisotopic (exact) mass is 289 g/mol. The van der Waals surface area contributed by atoms with Crippen LogP contribution in [0.5, 0.6) is 0 Å². The second kappa shape index (κ2) is 5.25. The van der Waals surface area contributed by atoms with Crippen LogP contribution < -0.4 is 5.32 Å². The summed E-state index contributed by atoms with van der Waals surface area (Å²) in [6.07, 6.45) is 0. The topological polar surface area (TPSA) is 32.3 Å². The number of nitrogens with one attached hydrogen (secondary N) is 1. The van der Waals surface area contributed by atoms with E-state index in [4.69, 9.17) is 0 Å². The average Bonchev–Trinajstić information content (AvgIpc) is 2.19. The molecule has 1 aromatic rings. The summed E-state index contributed by atoms with van der Waals surface area (Å²) < 4.78 is 13.4. The number of halogens is 2. The molecule has 0 saturated heterocycles. The molecule has 0 aromatic heterocycles. The van der Waals surface area contributed by atoms with E-state index in [2.05, 4.69) is 21.2 Å². The lowest BCUT2D eigenvalue weighted by molar-refractivity contribution is 0.0548. The Morgan fingerprint density at radius 2 is 2.12 bits per heavy atom. The molecule has 0 radical (unpaired) electrons. The van der Waals surface area contributed by atoms with Crippen molar-refractivity contribution in [2.45, 2.75) is 32.4 Å². The minimum Gasteiger partial charge on any atom is -0.384 e. The van der Waals surface area contributed by atoms with Gasteiger partial charge in [-0.2, -0.15) is 0 Å². The molecular weight excluding hydrogens is 273 g/mol. The van der Waals surface area contributed by atoms with Gasteiger partial charge in [0, 0.05) is 12.6 Å². The smallest absolute Gasteiger partial charge is 0.137 e. The predicted octanol–water partition coefficient (Wildman–Crippen LogP) is 2.79. The summed E-state index contributed by atoms with van der Waals surface area (Å²) in [6.45, 7) is 6.16. The fourth-order valence-corrected chi connectivity index (χ4v) is 1.71. The molecule has 1 atom stereocenters. The van der Waals surface area contributed by atoms with E-state index in [1.54, 1.807) is 19.1 Å². The van der Waals surface area contributed by atoms with Crippen molar-refractivity contribution >= 4 is 15.9 Å². The summed E-state index contributed by atoms with van der Waals surface area (Å²) in [5, 5.41) is 13.4. The number of aliphatic hydroxyl groups is 1. The molecule has 1 aromatic carbocycles. The SMILES string of the molecule is CC(C)NCC(C)(O)c1ccc(F)c(Br)c1. The lowest BCUT2D eigenvalue weighted by Crippen LogP contribution is -2.38. The largest absolute Gasteiger partial charge is 0.384 e. The second-order valence-corrected chi connectivity index (χ2v) is 5.29. The number of hydrogen-bond acceptors (Lipinski definition) is 2. The van der Waals surface area contributed by atoms with Crippen LogP contribution in [0.4, 0.5) is 4.39 Å². The maximum atomic E-state index is 13.1. The molecule has 0 fully saturated rings. The third-order valence-corrected chi connectivity index (χ3v) is 3.00. The third kappa shape index (κ3) is 3.54. The van der Waals surface area contributed by atoms with Crippen LogP contribution in [0.3, 0.4) is 0 Å². The van der Waals surface area contributed by atoms with Crippen LogP contribution in [0, 0.1) is 5.82 Å². The molecule has 2 N–H and O–H groups in total. The Morgan fingerprint density at radius 3 is 2.62 bits per heavy atom. The van der Waals surface area contributed by atoms with Gasteiger partial charge in [0.05, 0.1) is 10.1 Å². The molecule has 0 aliphatic rings. The summed E-state index contributed by atoms with van der Waals surface area (Å²) in [6, 6.07) is 4.86. The van der Waals surface area contributed by atoms with E-state index in [1.165, 1.54) is 6.07 Å². The van der Waals surface area contributed by atoms with Crippen LogP contribution in [0.1, 0.15) is 26.3 Å². The lowest BCUT2D eigenvalue weighted by atomic mass is 9.96. The molecule has 16 heavy (non-hydrogen) atoms. The van der Waals surface area contributed by atoms with Gasteiger partial charge in [-0.1, -0.05) is 19.9 Å². The molecule has 4 heteroatoms. The van der Waals surface area contributed by atoms with Crippen molar-refractivity contribution < 1.29 is 9.50 Å². The Bertz CT molecular complexity index is 366. The Kier molecular flexibility index (Phi) is 4.47. The maximum absolute atomic E-state index is 13.1. The molecule has 1 unspecified atom stereocenters. The number of rotatable bonds is 4. The molecule has 2 nitrogen and oxygen atoms in total. The van der Waals surface area contributed by atoms with Gasteiger partial charge in [0.15, 0.2) is 0 Å². The van der Waals surface area contributed by atoms with Crippen LogP contribution in [0.15, 0.2) is 22.7 Å². The van der Waals surface area contributed by atoms with Gasteiger partial charge in [-0.15, -0.1) is 0 Å². The minimum absolute atomic E-state index is 0.301. The highest BCUT2D eigenvalue weighted by Crippen LogP contribution is 2.25. The molecule has 0 heterocycles. The first-order valence-electron chi connectivity index (χ1n) is 5.24. The van der Waals surface area contributed by atoms with E-state index >= 15 is 0 Å². The average molecular weight is 290 g/mol. The van der Waals surface area contributed by atoms with Gasteiger partial charge >= 0.3 is 0 Å². The lowest BCUT2D eigenvalue weighted by Gasteiger charge is -2.25. The third-order valence-electron chi connectivity index (χ3n) is 2.40. The Labute approximate surface area is 104 Å². The molecular formula is C12H17BrFNO. The van der Waals surface area contributed by atoms with Crippen molar-refractivity contribution in [2.75, 3.05) is 6.54 Å². The van der Waals surface area contributed by atoms with Crippen molar-refractivity contribution in [3.63, 3.8) is 0 Å². The standard InChI is InChI=1S/C12H17BrFNO/c1-8(2)15-7-12(3,16)9-4-5-11(14)10(13)6-9/h4-6,8,15-16H,7H2,1-3H3. The van der Waals surface area contributed by atoms with Crippen LogP contribution in [-0.4, -0.2) is 17.7 Å². The molecule has 0 saturated carbocycles. The van der Waals surface area contributed by atoms with Gasteiger partial charge in [0.25, 0.3) is 0 Å². The van der Waals surface area contributed by atoms with Crippen molar-refractivity contribution in [1.82, 2.24) is 5.32 Å². The molecule has 0 amide bonds. The zero-order valence-electron chi connectivity index (χ0n) is 9.72. The zero-order valence-corrected chi connectivity index (χ0v) is 11.3. The van der Waals surface area contributed by atoms with Crippen LogP contribution >= 0.6 is 15.9 Å². The summed E-state index contributed by atoms with van der Waals surface area (Å²) in [5.74, 6) is -0.323. The van der Waals surface area contributed by atoms with Crippen molar-refractivity contribution in [2.24, 2.45) is 0 Å². The quantitative estimate of drug-likeness (QED) is 0.893. The van der Waals surface area contributed by atoms with E-state index in [9.17, 15) is 9.50 Å². The van der Waals surface area contributed by atoms with Crippen LogP contribution in [0.2, 0.25) is 0 Å². The predicted molar refractivity (Wildman–Crippen MR) is 66.8 cm³/mol. The highest BCUT2D eigenvalue weighted by atomic mass is 79.9. The summed E-state index contributed by atoms with van der Waals surface area (Å²) in [5.41, 5.74) is -0.311. The summed E-state index contributed by atoms with van der Waals surface area (Å²) >= 11 is 3.11. The van der Waals surface area contributed by atoms with Gasteiger partial charge in [0.2, 0.25) is 0 Å². The fraction of sp³-hybridized carbons (Fsp3) is 0.500. The summed E-state index contributed by atoms with van der Waals surface area (Å²) in [7, 11) is 0. The highest BCUT2D eigenvalue weighted by molar-refractivity contribution is 9.10. The Hall–Kier alpha value is -0.450. The van der Waals surface area contributed by atoms with E-state index in [0.29, 0.717) is 22.6 Å². The number of hydrogen-bond donors (Lipinski definition) is 2. The highest BCUT2D eigenvalue weighted by Gasteiger charge is 2.23. The molecule has 90 valence electrons. The van der Waals surface area contributed by atoms with Crippen molar-refractivity contribution in [1.29, 1.82) is 0 Å². The molecule has 0 aliphatic heterocycles. The first kappa shape index (κ1) is 13.6. The molecule has 1 rings (SSSR count). The minimum atomic E-state index is -1.000. The zero-order chi connectivity index (χ0) is 12.3. The maximum Gasteiger partial charge on any atom is 0.137 e. The molecule has 0 aliphatic carbocycles. The second-order valence-electron chi connectivity index (χ2n) is 4.44. The first-order valence-corrected chi connectivity index (χ1v) is 6.03. The van der Waals surface area contributed by atoms with Gasteiger partial charge in [-0.3, -0.25) is 0 Å². The van der Waals surface area contributed by atoms with Gasteiger partial charge in [0.1, 0.15) is 5.82 Å². The van der Waals surface area contributed by atoms with Crippen LogP contribution in [0.25, 0.3) is 0 Å². The van der Waals surface area contributed by atoms with Gasteiger partial charge in [-0.25, -0.2) is 4.39 Å². The van der Waals surface area contributed by atoms with E-state index in [1.807, 2.05) is 13.8 Å². The van der Waals surface area contributed by atoms with Crippen molar-refractivity contribution in [3.8, 4) is 0 Å². The molecule has 0 spiro atoms. The van der Waals surface area contributed by atoms with E-state index < -0.39 is 5.60 Å². The number of benzene rings is 1. The van der Waals surface area contributed by atoms with E-state index in [0.717, 1.165) is 0 Å². The van der Waals surface area contributed by atoms with E-state index in [-0.39, 0.29) is 5.82 Å². The first-order chi connectivity index (χ1) is 7.33.